The van der Waals surface area contributed by atoms with Gasteiger partial charge in [-0.05, 0) is 35.9 Å². The summed E-state index contributed by atoms with van der Waals surface area (Å²) in [6, 6.07) is 0. The third kappa shape index (κ3) is 9.39. The first-order valence-corrected chi connectivity index (χ1v) is 10.5. The quantitative estimate of drug-likeness (QED) is 0.289. The van der Waals surface area contributed by atoms with Gasteiger partial charge >= 0.3 is 0 Å². The van der Waals surface area contributed by atoms with Crippen LogP contribution in [0.1, 0.15) is 75.2 Å². The molecular weight excluding hydrogens is 313 g/mol. The minimum absolute atomic E-state index is 0.0499. The van der Waals surface area contributed by atoms with E-state index in [2.05, 4.69) is 73.3 Å². The molecule has 0 aliphatic heterocycles. The molecule has 0 bridgehead atoms. The second kappa shape index (κ2) is 11.5. The highest BCUT2D eigenvalue weighted by Crippen LogP contribution is 2.27. The van der Waals surface area contributed by atoms with Crippen LogP contribution < -0.4 is 5.32 Å². The smallest absolute Gasteiger partial charge is 0.223 e. The third-order valence-electron chi connectivity index (χ3n) is 5.83. The Morgan fingerprint density at radius 1 is 0.875 bits per heavy atom. The van der Waals surface area contributed by atoms with Crippen LogP contribution in [0.4, 0.5) is 0 Å². The minimum atomic E-state index is -0.0499. The fourth-order valence-corrected chi connectivity index (χ4v) is 3.38. The highest BCUT2D eigenvalue weighted by atomic mass is 32.1. The summed E-state index contributed by atoms with van der Waals surface area (Å²) >= 11 is 4.66. The molecule has 0 aromatic rings. The van der Waals surface area contributed by atoms with Crippen molar-refractivity contribution >= 4 is 25.8 Å². The molecule has 0 aliphatic carbocycles. The van der Waals surface area contributed by atoms with Crippen LogP contribution in [0.25, 0.3) is 0 Å². The summed E-state index contributed by atoms with van der Waals surface area (Å²) in [4.78, 5) is 12.4. The summed E-state index contributed by atoms with van der Waals surface area (Å²) in [6.07, 6.45) is 2.19. The summed E-state index contributed by atoms with van der Waals surface area (Å²) in [6.45, 7) is 20.2. The van der Waals surface area contributed by atoms with E-state index in [0.29, 0.717) is 23.5 Å². The predicted octanol–water partition coefficient (Wildman–Crippen LogP) is 5.41. The van der Waals surface area contributed by atoms with Crippen LogP contribution >= 0.6 is 12.6 Å². The first-order chi connectivity index (χ1) is 11.0. The molecule has 6 atom stereocenters. The molecule has 0 spiro atoms. The molecule has 0 fully saturated rings. The lowest BCUT2D eigenvalue weighted by molar-refractivity contribution is -0.125. The maximum atomic E-state index is 12.4. The van der Waals surface area contributed by atoms with E-state index in [1.165, 1.54) is 6.42 Å². The van der Waals surface area contributed by atoms with Crippen molar-refractivity contribution in [1.82, 2.24) is 5.32 Å². The van der Waals surface area contributed by atoms with E-state index in [0.717, 1.165) is 25.5 Å². The van der Waals surface area contributed by atoms with Gasteiger partial charge in [0.1, 0.15) is 7.28 Å². The minimum Gasteiger partial charge on any atom is -0.345 e. The zero-order valence-electron chi connectivity index (χ0n) is 17.6. The molecular formula is C20H42BNOS. The molecule has 0 saturated carbocycles. The molecule has 2 nitrogen and oxygen atoms in total. The lowest BCUT2D eigenvalue weighted by Crippen LogP contribution is -2.39. The van der Waals surface area contributed by atoms with Crippen molar-refractivity contribution in [3.05, 3.63) is 0 Å². The largest absolute Gasteiger partial charge is 0.345 e. The van der Waals surface area contributed by atoms with Gasteiger partial charge in [0.2, 0.25) is 5.91 Å². The Bertz CT molecular complexity index is 362. The Hall–Kier alpha value is -0.115. The maximum absolute atomic E-state index is 12.4. The van der Waals surface area contributed by atoms with Crippen LogP contribution in [0.3, 0.4) is 0 Å². The molecule has 24 heavy (non-hydrogen) atoms. The first kappa shape index (κ1) is 23.9. The number of hydrogen-bond donors (Lipinski definition) is 2. The molecule has 142 valence electrons. The highest BCUT2D eigenvalue weighted by molar-refractivity contribution is 7.81. The number of rotatable bonds is 11. The Morgan fingerprint density at radius 2 is 1.33 bits per heavy atom. The van der Waals surface area contributed by atoms with Crippen LogP contribution in [-0.4, -0.2) is 18.6 Å². The Morgan fingerprint density at radius 3 is 1.79 bits per heavy atom. The second-order valence-electron chi connectivity index (χ2n) is 9.09. The van der Waals surface area contributed by atoms with Crippen molar-refractivity contribution in [2.75, 3.05) is 0 Å². The molecule has 6 unspecified atom stereocenters. The first-order valence-electron chi connectivity index (χ1n) is 9.94. The van der Waals surface area contributed by atoms with E-state index in [-0.39, 0.29) is 17.2 Å². The Balaban J connectivity index is 4.33. The number of carbonyl (C=O) groups excluding carboxylic acids is 1. The Labute approximate surface area is 158 Å². The average Bonchev–Trinajstić information content (AvgIpc) is 2.46. The summed E-state index contributed by atoms with van der Waals surface area (Å²) in [5.41, 5.74) is 0. The number of amides is 1. The molecule has 0 radical (unpaired) electrons. The summed E-state index contributed by atoms with van der Waals surface area (Å²) in [5.74, 6) is 3.94. The van der Waals surface area contributed by atoms with E-state index >= 15 is 0 Å². The fraction of sp³-hybridized carbons (Fsp3) is 0.950. The third-order valence-corrected chi connectivity index (χ3v) is 6.46. The van der Waals surface area contributed by atoms with Gasteiger partial charge in [-0.2, -0.15) is 12.6 Å². The molecule has 1 amide bonds. The molecule has 0 rings (SSSR count). The van der Waals surface area contributed by atoms with Crippen molar-refractivity contribution < 1.29 is 4.79 Å². The fourth-order valence-electron chi connectivity index (χ4n) is 3.13. The van der Waals surface area contributed by atoms with E-state index in [9.17, 15) is 4.79 Å². The molecule has 0 saturated heterocycles. The van der Waals surface area contributed by atoms with Crippen LogP contribution in [0.15, 0.2) is 0 Å². The molecule has 0 heterocycles. The molecule has 0 aromatic carbocycles. The van der Waals surface area contributed by atoms with Crippen molar-refractivity contribution in [3.63, 3.8) is 0 Å². The molecule has 0 aliphatic rings. The number of hydrogen-bond acceptors (Lipinski definition) is 2. The summed E-state index contributed by atoms with van der Waals surface area (Å²) < 4.78 is 0. The topological polar surface area (TPSA) is 29.1 Å². The standard InChI is InChI=1S/C20H42BNOS/c1-12(2)14(5)10-16(7)19(23)22-20(24)18(9)21-17(8)11-15(6)13(3)4/h12-18,20-21,24H,10-11H2,1-9H3,(H,22,23). The van der Waals surface area contributed by atoms with Crippen molar-refractivity contribution in [1.29, 1.82) is 0 Å². The lowest BCUT2D eigenvalue weighted by Gasteiger charge is -2.27. The van der Waals surface area contributed by atoms with Gasteiger partial charge in [-0.25, -0.2) is 0 Å². The number of thiol groups is 1. The normalized spacial score (nSPS) is 19.5. The van der Waals surface area contributed by atoms with Gasteiger partial charge in [-0.1, -0.05) is 74.6 Å². The summed E-state index contributed by atoms with van der Waals surface area (Å²) in [7, 11) is 1.11. The second-order valence-corrected chi connectivity index (χ2v) is 9.64. The molecule has 4 heteroatoms. The van der Waals surface area contributed by atoms with Gasteiger partial charge in [0.15, 0.2) is 0 Å². The summed E-state index contributed by atoms with van der Waals surface area (Å²) in [5, 5.41) is 3.08. The van der Waals surface area contributed by atoms with Crippen LogP contribution in [0.2, 0.25) is 11.6 Å². The van der Waals surface area contributed by atoms with Crippen LogP contribution in [0, 0.1) is 29.6 Å². The van der Waals surface area contributed by atoms with Crippen LogP contribution in [-0.2, 0) is 4.79 Å². The zero-order valence-corrected chi connectivity index (χ0v) is 18.5. The van der Waals surface area contributed by atoms with Gasteiger partial charge in [0, 0.05) is 5.92 Å². The SMILES string of the molecule is CC(BC(C)C(S)NC(=O)C(C)CC(C)C(C)C)CC(C)C(C)C. The van der Waals surface area contributed by atoms with Gasteiger partial charge < -0.3 is 5.32 Å². The predicted molar refractivity (Wildman–Crippen MR) is 113 cm³/mol. The van der Waals surface area contributed by atoms with Gasteiger partial charge in [0.05, 0.1) is 5.37 Å². The number of nitrogens with one attached hydrogen (secondary N) is 1. The van der Waals surface area contributed by atoms with Crippen LogP contribution in [0.5, 0.6) is 0 Å². The van der Waals surface area contributed by atoms with Crippen molar-refractivity contribution in [2.45, 2.75) is 92.2 Å². The number of carbonyl (C=O) groups is 1. The van der Waals surface area contributed by atoms with E-state index < -0.39 is 0 Å². The molecule has 0 aromatic heterocycles. The maximum Gasteiger partial charge on any atom is 0.223 e. The van der Waals surface area contributed by atoms with Gasteiger partial charge in [-0.15, -0.1) is 0 Å². The van der Waals surface area contributed by atoms with Gasteiger partial charge in [0.25, 0.3) is 0 Å². The van der Waals surface area contributed by atoms with Crippen molar-refractivity contribution in [2.24, 2.45) is 29.6 Å². The van der Waals surface area contributed by atoms with E-state index in [1.807, 2.05) is 6.92 Å². The monoisotopic (exact) mass is 355 g/mol. The Kier molecular flexibility index (Phi) is 11.4. The average molecular weight is 355 g/mol. The van der Waals surface area contributed by atoms with Crippen molar-refractivity contribution in [3.8, 4) is 0 Å². The van der Waals surface area contributed by atoms with E-state index in [4.69, 9.17) is 0 Å². The lowest BCUT2D eigenvalue weighted by atomic mass is 9.53. The van der Waals surface area contributed by atoms with Gasteiger partial charge in [-0.3, -0.25) is 4.79 Å². The molecule has 1 N–H and O–H groups in total. The van der Waals surface area contributed by atoms with E-state index in [1.54, 1.807) is 0 Å². The zero-order chi connectivity index (χ0) is 19.0. The highest BCUT2D eigenvalue weighted by Gasteiger charge is 2.24.